The molecule has 0 unspecified atom stereocenters. The molecule has 4 aromatic heterocycles. The van der Waals surface area contributed by atoms with E-state index in [0.29, 0.717) is 23.1 Å². The number of hydrogen-bond acceptors (Lipinski definition) is 7. The summed E-state index contributed by atoms with van der Waals surface area (Å²) < 4.78 is 16.8. The van der Waals surface area contributed by atoms with Crippen molar-refractivity contribution in [2.45, 2.75) is 13.0 Å². The third kappa shape index (κ3) is 2.81. The second kappa shape index (κ2) is 6.06. The number of anilines is 3. The molecule has 0 aliphatic heterocycles. The van der Waals surface area contributed by atoms with Gasteiger partial charge in [-0.15, -0.1) is 0 Å². The molecule has 1 atom stereocenters. The summed E-state index contributed by atoms with van der Waals surface area (Å²) in [5, 5.41) is 3.93. The van der Waals surface area contributed by atoms with E-state index in [1.807, 2.05) is 41.6 Å². The molecule has 0 saturated carbocycles. The normalized spacial score (nSPS) is 12.4. The first-order valence-corrected chi connectivity index (χ1v) is 7.88. The van der Waals surface area contributed by atoms with Crippen LogP contribution in [0, 0.1) is 5.82 Å². The second-order valence-electron chi connectivity index (χ2n) is 5.88. The first kappa shape index (κ1) is 15.9. The molecule has 0 aromatic carbocycles. The maximum absolute atomic E-state index is 13.1. The van der Waals surface area contributed by atoms with Gasteiger partial charge < -0.3 is 20.2 Å². The number of rotatable bonds is 4. The first-order valence-electron chi connectivity index (χ1n) is 7.88. The van der Waals surface area contributed by atoms with Crippen molar-refractivity contribution in [3.8, 4) is 0 Å². The molecule has 4 rings (SSSR count). The Morgan fingerprint density at radius 3 is 2.65 bits per heavy atom. The van der Waals surface area contributed by atoms with E-state index < -0.39 is 5.82 Å². The number of imidazole rings is 1. The van der Waals surface area contributed by atoms with E-state index in [4.69, 9.17) is 5.73 Å². The number of nitrogens with one attached hydrogen (secondary N) is 1. The molecule has 9 nitrogen and oxygen atoms in total. The number of aryl methyl sites for hydroxylation is 1. The summed E-state index contributed by atoms with van der Waals surface area (Å²) in [5.74, 6) is 1.32. The van der Waals surface area contributed by atoms with Crippen LogP contribution in [0.3, 0.4) is 0 Å². The van der Waals surface area contributed by atoms with Crippen molar-refractivity contribution >= 4 is 28.6 Å². The average Bonchev–Trinajstić information content (AvgIpc) is 3.21. The quantitative estimate of drug-likeness (QED) is 0.577. The van der Waals surface area contributed by atoms with Crippen molar-refractivity contribution < 1.29 is 4.39 Å². The fourth-order valence-electron chi connectivity index (χ4n) is 2.72. The molecule has 0 radical (unpaired) electrons. The van der Waals surface area contributed by atoms with Gasteiger partial charge in [-0.3, -0.25) is 0 Å². The van der Waals surface area contributed by atoms with E-state index in [2.05, 4.69) is 30.2 Å². The lowest BCUT2D eigenvalue weighted by atomic mass is 10.3. The summed E-state index contributed by atoms with van der Waals surface area (Å²) in [5.41, 5.74) is 6.51. The minimum Gasteiger partial charge on any atom is -0.368 e. The summed E-state index contributed by atoms with van der Waals surface area (Å²) in [4.78, 5) is 20.9. The smallest absolute Gasteiger partial charge is 0.224 e. The number of hydrogen-bond donors (Lipinski definition) is 2. The van der Waals surface area contributed by atoms with Crippen LogP contribution in [0.25, 0.3) is 11.0 Å². The SMILES string of the molecule is C[C@@H](c1ncc(F)cn1)n1ccc2c(Nc3cn(C)cn3)nc(N)nc21. The van der Waals surface area contributed by atoms with E-state index in [1.165, 1.54) is 0 Å². The Morgan fingerprint density at radius 2 is 1.96 bits per heavy atom. The number of fused-ring (bicyclic) bond motifs is 1. The molecular weight excluding hydrogens is 337 g/mol. The van der Waals surface area contributed by atoms with Crippen LogP contribution in [0.1, 0.15) is 18.8 Å². The maximum Gasteiger partial charge on any atom is 0.224 e. The Kier molecular flexibility index (Phi) is 3.72. The number of aromatic nitrogens is 7. The van der Waals surface area contributed by atoms with Gasteiger partial charge in [0, 0.05) is 19.4 Å². The minimum atomic E-state index is -0.480. The van der Waals surface area contributed by atoms with Gasteiger partial charge in [0.1, 0.15) is 17.3 Å². The summed E-state index contributed by atoms with van der Waals surface area (Å²) in [6.07, 6.45) is 7.64. The number of halogens is 1. The van der Waals surface area contributed by atoms with Gasteiger partial charge in [-0.1, -0.05) is 0 Å². The highest BCUT2D eigenvalue weighted by Crippen LogP contribution is 2.28. The molecule has 0 aliphatic carbocycles. The Balaban J connectivity index is 1.76. The first-order chi connectivity index (χ1) is 12.5. The topological polar surface area (TPSA) is 112 Å². The third-order valence-corrected chi connectivity index (χ3v) is 3.97. The lowest BCUT2D eigenvalue weighted by Crippen LogP contribution is -2.11. The molecule has 4 heterocycles. The number of nitrogens with zero attached hydrogens (tertiary/aromatic N) is 7. The molecule has 0 aliphatic rings. The van der Waals surface area contributed by atoms with E-state index in [9.17, 15) is 4.39 Å². The van der Waals surface area contributed by atoms with Crippen molar-refractivity contribution in [1.29, 1.82) is 0 Å². The van der Waals surface area contributed by atoms with Crippen molar-refractivity contribution in [2.24, 2.45) is 7.05 Å². The van der Waals surface area contributed by atoms with Gasteiger partial charge in [0.05, 0.1) is 30.1 Å². The van der Waals surface area contributed by atoms with Gasteiger partial charge in [-0.2, -0.15) is 9.97 Å². The summed E-state index contributed by atoms with van der Waals surface area (Å²) in [7, 11) is 1.88. The zero-order valence-corrected chi connectivity index (χ0v) is 14.1. The molecular formula is C16H16FN9. The van der Waals surface area contributed by atoms with Crippen LogP contribution >= 0.6 is 0 Å². The predicted molar refractivity (Wildman–Crippen MR) is 94.2 cm³/mol. The fraction of sp³-hybridized carbons (Fsp3) is 0.188. The molecule has 132 valence electrons. The highest BCUT2D eigenvalue weighted by Gasteiger charge is 2.17. The van der Waals surface area contributed by atoms with E-state index in [0.717, 1.165) is 17.8 Å². The van der Waals surface area contributed by atoms with Crippen LogP contribution in [0.2, 0.25) is 0 Å². The van der Waals surface area contributed by atoms with Crippen molar-refractivity contribution in [2.75, 3.05) is 11.1 Å². The molecule has 26 heavy (non-hydrogen) atoms. The van der Waals surface area contributed by atoms with Gasteiger partial charge in [0.15, 0.2) is 11.6 Å². The molecule has 3 N–H and O–H groups in total. The zero-order valence-electron chi connectivity index (χ0n) is 14.1. The van der Waals surface area contributed by atoms with E-state index in [-0.39, 0.29) is 12.0 Å². The van der Waals surface area contributed by atoms with E-state index >= 15 is 0 Å². The minimum absolute atomic E-state index is 0.128. The molecule has 0 spiro atoms. The van der Waals surface area contributed by atoms with Crippen LogP contribution in [0.4, 0.5) is 22.0 Å². The highest BCUT2D eigenvalue weighted by molar-refractivity contribution is 5.90. The van der Waals surface area contributed by atoms with Gasteiger partial charge in [0.25, 0.3) is 0 Å². The number of nitrogens with two attached hydrogens (primary N) is 1. The largest absolute Gasteiger partial charge is 0.368 e. The standard InChI is InChI=1S/C16H16FN9/c1-9(13-19-5-10(17)6-20-13)26-4-3-11-14(23-16(18)24-15(11)26)22-12-7-25(2)8-21-12/h3-9H,1-2H3,(H3,18,22,23,24)/t9-/m0/s1. The van der Waals surface area contributed by atoms with Crippen molar-refractivity contribution in [3.63, 3.8) is 0 Å². The van der Waals surface area contributed by atoms with E-state index in [1.54, 1.807) is 6.33 Å². The average molecular weight is 353 g/mol. The fourth-order valence-corrected chi connectivity index (χ4v) is 2.72. The molecule has 0 fully saturated rings. The molecule has 10 heteroatoms. The lowest BCUT2D eigenvalue weighted by Gasteiger charge is -2.13. The predicted octanol–water partition coefficient (Wildman–Crippen LogP) is 2.03. The summed E-state index contributed by atoms with van der Waals surface area (Å²) in [6, 6.07) is 1.62. The third-order valence-electron chi connectivity index (χ3n) is 3.97. The van der Waals surface area contributed by atoms with Crippen LogP contribution in [-0.4, -0.2) is 34.1 Å². The second-order valence-corrected chi connectivity index (χ2v) is 5.88. The van der Waals surface area contributed by atoms with Gasteiger partial charge in [-0.05, 0) is 13.0 Å². The van der Waals surface area contributed by atoms with Crippen LogP contribution in [0.15, 0.2) is 37.2 Å². The van der Waals surface area contributed by atoms with Crippen LogP contribution < -0.4 is 11.1 Å². The number of nitrogen functional groups attached to an aromatic ring is 1. The van der Waals surface area contributed by atoms with Gasteiger partial charge in [0.2, 0.25) is 5.95 Å². The van der Waals surface area contributed by atoms with Crippen molar-refractivity contribution in [1.82, 2.24) is 34.1 Å². The molecule has 4 aromatic rings. The summed E-state index contributed by atoms with van der Waals surface area (Å²) in [6.45, 7) is 1.90. The highest BCUT2D eigenvalue weighted by atomic mass is 19.1. The van der Waals surface area contributed by atoms with Gasteiger partial charge >= 0.3 is 0 Å². The Hall–Kier alpha value is -3.56. The molecule has 0 amide bonds. The summed E-state index contributed by atoms with van der Waals surface area (Å²) >= 11 is 0. The van der Waals surface area contributed by atoms with Crippen LogP contribution in [-0.2, 0) is 7.05 Å². The van der Waals surface area contributed by atoms with Crippen molar-refractivity contribution in [3.05, 3.63) is 48.8 Å². The zero-order chi connectivity index (χ0) is 18.3. The Bertz CT molecular complexity index is 1070. The Morgan fingerprint density at radius 1 is 1.19 bits per heavy atom. The van der Waals surface area contributed by atoms with Crippen LogP contribution in [0.5, 0.6) is 0 Å². The molecule has 0 bridgehead atoms. The lowest BCUT2D eigenvalue weighted by molar-refractivity contribution is 0.578. The van der Waals surface area contributed by atoms with Gasteiger partial charge in [-0.25, -0.2) is 19.3 Å². The monoisotopic (exact) mass is 353 g/mol. The molecule has 0 saturated heterocycles. The Labute approximate surface area is 147 Å². The maximum atomic E-state index is 13.1.